The van der Waals surface area contributed by atoms with E-state index in [9.17, 15) is 79.0 Å². The lowest BCUT2D eigenvalue weighted by atomic mass is 9.95. The van der Waals surface area contributed by atoms with E-state index in [1.807, 2.05) is 43.3 Å². The molecule has 474 valence electrons. The Morgan fingerprint density at radius 2 is 1.08 bits per heavy atom. The number of carbonyl (C=O) groups is 1. The first-order valence-electron chi connectivity index (χ1n) is 27.0. The molecule has 0 saturated carbocycles. The van der Waals surface area contributed by atoms with E-state index >= 15 is 0 Å². The number of nitrogens with zero attached hydrogens (tertiary/aromatic N) is 3. The number of anilines is 3. The van der Waals surface area contributed by atoms with Gasteiger partial charge in [-0.3, -0.25) is 9.35 Å². The molecule has 86 heavy (non-hydrogen) atoms. The molecule has 4 aliphatic rings. The van der Waals surface area contributed by atoms with E-state index < -0.39 is 158 Å². The summed E-state index contributed by atoms with van der Waals surface area (Å²) in [6.07, 6.45) is -34.3. The third-order valence-corrected chi connectivity index (χ3v) is 16.8. The number of ether oxygens (including phenoxy) is 7. The van der Waals surface area contributed by atoms with Crippen molar-refractivity contribution >= 4 is 84.3 Å². The first kappa shape index (κ1) is 66.9. The van der Waals surface area contributed by atoms with Crippen molar-refractivity contribution in [2.75, 3.05) is 74.8 Å². The number of fused-ring (bicyclic) bond motifs is 1. The number of rotatable bonds is 23. The number of thioether (sulfide) groups is 1. The first-order valence-corrected chi connectivity index (χ1v) is 29.9. The maximum absolute atomic E-state index is 12.8. The van der Waals surface area contributed by atoms with Crippen molar-refractivity contribution in [3.05, 3.63) is 84.9 Å². The SMILES string of the molecule is CN(C)c1ccc(N=Nc2ccc(NC(=S)NC[C@H]3O[C@@H](O[C@H]4[C@H](O)[C@@H](O)[C@H](O[C@H]5[C@H](O)[C@@H](O)[C@H](O[C@H]6[C@H](O)[C@@H](O)[C@H](SCC(=O)NCCNc7cccc8c(S(=O)(=O)O)cccc78)O[C@@H]6CO)O[C@@H]5CO)O[C@@H]4CO)[C@H](O)[C@@H](O)[C@H]3O)cc2)cc1. The van der Waals surface area contributed by atoms with E-state index in [1.165, 1.54) is 18.2 Å². The third-order valence-electron chi connectivity index (χ3n) is 14.5. The Hall–Kier alpha value is -5.00. The fraction of sp³-hybridized carbons (Fsp3) is 0.547. The predicted octanol–water partition coefficient (Wildman–Crippen LogP) is -2.90. The molecule has 4 aliphatic heterocycles. The fourth-order valence-electron chi connectivity index (χ4n) is 9.87. The van der Waals surface area contributed by atoms with E-state index in [1.54, 1.807) is 42.5 Å². The standard InChI is InChI=1S/C53H71N7O23S3/c1-60(2)27-15-13-26(14-16-27)59-58-25-11-9-24(10-12-25)57-53(84)56-19-31-37(65)38(66)42(70)49(77-31)81-46-32(20-61)78-50(43(71)39(46)67)82-47-33(21-62)79-51(44(72)40(47)68)83-48-34(22-63)80-52(45(73)41(48)69)85-23-36(64)55-18-17-54-30-7-3-6-29-28(30)5-4-8-35(29)86(74,75)76/h3-16,31-34,37-52,54,61-63,65-73H,17-23H2,1-2H3,(H,55,64)(H2,56,57,84)(H,74,75,76)/t31-,32-,33-,34-,37+,38+,39-,40-,41-,42-,43-,44-,45-,46-,47-,48-,49+,50+,51+,52+/m1/s1. The summed E-state index contributed by atoms with van der Waals surface area (Å²) < 4.78 is 73.8. The second-order valence-corrected chi connectivity index (χ2v) is 23.5. The highest BCUT2D eigenvalue weighted by Crippen LogP contribution is 2.36. The summed E-state index contributed by atoms with van der Waals surface area (Å²) in [7, 11) is -0.631. The Bertz CT molecular complexity index is 3020. The molecule has 1 amide bonds. The van der Waals surface area contributed by atoms with Gasteiger partial charge in [0.15, 0.2) is 24.0 Å². The van der Waals surface area contributed by atoms with Gasteiger partial charge in [-0.2, -0.15) is 18.6 Å². The van der Waals surface area contributed by atoms with Crippen molar-refractivity contribution in [3.63, 3.8) is 0 Å². The number of benzene rings is 4. The minimum atomic E-state index is -4.49. The highest BCUT2D eigenvalue weighted by molar-refractivity contribution is 8.00. The average Bonchev–Trinajstić information content (AvgIpc) is 2.27. The van der Waals surface area contributed by atoms with Crippen LogP contribution in [-0.4, -0.2) is 267 Å². The van der Waals surface area contributed by atoms with Crippen molar-refractivity contribution in [1.82, 2.24) is 10.6 Å². The molecule has 0 bridgehead atoms. The summed E-state index contributed by atoms with van der Waals surface area (Å²) >= 11 is 6.20. The number of hydrogen-bond acceptors (Lipinski definition) is 28. The van der Waals surface area contributed by atoms with Crippen LogP contribution in [0.5, 0.6) is 0 Å². The Kier molecular flexibility index (Phi) is 23.4. The molecular weight excluding hydrogens is 1200 g/mol. The van der Waals surface area contributed by atoms with Gasteiger partial charge in [0.25, 0.3) is 10.1 Å². The maximum Gasteiger partial charge on any atom is 0.295 e. The van der Waals surface area contributed by atoms with E-state index in [0.29, 0.717) is 28.1 Å². The second-order valence-electron chi connectivity index (χ2n) is 20.6. The number of carbonyl (C=O) groups excluding carboxylic acids is 1. The van der Waals surface area contributed by atoms with E-state index in [2.05, 4.69) is 31.5 Å². The second kappa shape index (κ2) is 30.0. The number of azo groups is 1. The van der Waals surface area contributed by atoms with Crippen molar-refractivity contribution in [3.8, 4) is 0 Å². The normalized spacial score (nSPS) is 33.3. The monoisotopic (exact) mass is 1270 g/mol. The van der Waals surface area contributed by atoms with Gasteiger partial charge < -0.3 is 121 Å². The van der Waals surface area contributed by atoms with Gasteiger partial charge in [0, 0.05) is 61.6 Å². The molecule has 17 N–H and O–H groups in total. The highest BCUT2D eigenvalue weighted by atomic mass is 32.2. The Balaban J connectivity index is 0.794. The molecule has 30 nitrogen and oxygen atoms in total. The van der Waals surface area contributed by atoms with Crippen molar-refractivity contribution < 1.29 is 112 Å². The van der Waals surface area contributed by atoms with Gasteiger partial charge in [-0.1, -0.05) is 24.3 Å². The molecule has 4 aromatic rings. The molecular formula is C53H71N7O23S3. The summed E-state index contributed by atoms with van der Waals surface area (Å²) in [5.74, 6) is -0.812. The minimum absolute atomic E-state index is 0.0683. The summed E-state index contributed by atoms with van der Waals surface area (Å²) in [6.45, 7) is -2.72. The largest absolute Gasteiger partial charge is 0.394 e. The van der Waals surface area contributed by atoms with Crippen molar-refractivity contribution in [2.45, 2.75) is 127 Å². The third kappa shape index (κ3) is 16.1. The summed E-state index contributed by atoms with van der Waals surface area (Å²) in [4.78, 5) is 14.5. The lowest BCUT2D eigenvalue weighted by molar-refractivity contribution is -0.384. The Morgan fingerprint density at radius 3 is 1.62 bits per heavy atom. The number of aliphatic hydroxyl groups excluding tert-OH is 12. The molecule has 4 aromatic carbocycles. The smallest absolute Gasteiger partial charge is 0.295 e. The summed E-state index contributed by atoms with van der Waals surface area (Å²) in [5.41, 5.74) is 2.01. The van der Waals surface area contributed by atoms with Crippen molar-refractivity contribution in [2.24, 2.45) is 10.2 Å². The molecule has 0 aliphatic carbocycles. The zero-order chi connectivity index (χ0) is 62.1. The van der Waals surface area contributed by atoms with Crippen LogP contribution in [0.1, 0.15) is 0 Å². The Labute approximate surface area is 502 Å². The average molecular weight is 1270 g/mol. The van der Waals surface area contributed by atoms with Crippen molar-refractivity contribution in [1.29, 1.82) is 0 Å². The highest BCUT2D eigenvalue weighted by Gasteiger charge is 2.55. The van der Waals surface area contributed by atoms with Crippen LogP contribution in [0.2, 0.25) is 0 Å². The Morgan fingerprint density at radius 1 is 0.593 bits per heavy atom. The van der Waals surface area contributed by atoms with Crippen LogP contribution >= 0.6 is 24.0 Å². The van der Waals surface area contributed by atoms with Gasteiger partial charge in [-0.15, -0.1) is 11.8 Å². The van der Waals surface area contributed by atoms with E-state index in [4.69, 9.17) is 45.4 Å². The van der Waals surface area contributed by atoms with Crippen LogP contribution in [-0.2, 0) is 48.1 Å². The van der Waals surface area contributed by atoms with E-state index in [0.717, 1.165) is 17.4 Å². The van der Waals surface area contributed by atoms with Crippen LogP contribution in [0.25, 0.3) is 10.8 Å². The summed E-state index contributed by atoms with van der Waals surface area (Å²) in [5, 5.41) is 152. The number of aliphatic hydroxyl groups is 12. The molecule has 0 radical (unpaired) electrons. The quantitative estimate of drug-likeness (QED) is 0.0153. The zero-order valence-corrected chi connectivity index (χ0v) is 48.5. The molecule has 4 fully saturated rings. The summed E-state index contributed by atoms with van der Waals surface area (Å²) in [6, 6.07) is 23.5. The van der Waals surface area contributed by atoms with Gasteiger partial charge in [-0.05, 0) is 72.9 Å². The topological polar surface area (TPSA) is 455 Å². The maximum atomic E-state index is 12.8. The number of hydrogen-bond donors (Lipinski definition) is 17. The van der Waals surface area contributed by atoms with Gasteiger partial charge in [-0.25, -0.2) is 0 Å². The lowest BCUT2D eigenvalue weighted by Gasteiger charge is -2.49. The van der Waals surface area contributed by atoms with E-state index in [-0.39, 0.29) is 40.8 Å². The molecule has 4 heterocycles. The molecule has 0 unspecified atom stereocenters. The fourth-order valence-corrected chi connectivity index (χ4v) is 11.8. The molecule has 20 atom stereocenters. The van der Waals surface area contributed by atoms with Crippen LogP contribution < -0.4 is 26.2 Å². The van der Waals surface area contributed by atoms with Gasteiger partial charge in [0.1, 0.15) is 108 Å². The number of amides is 1. The molecule has 0 aromatic heterocycles. The number of thiocarbonyl (C=S) groups is 1. The van der Waals surface area contributed by atoms with Gasteiger partial charge in [0.05, 0.1) is 36.9 Å². The molecule has 33 heteroatoms. The van der Waals surface area contributed by atoms with Crippen LogP contribution in [0.3, 0.4) is 0 Å². The zero-order valence-electron chi connectivity index (χ0n) is 46.0. The lowest BCUT2D eigenvalue weighted by Crippen LogP contribution is -2.67. The van der Waals surface area contributed by atoms with Crippen LogP contribution in [0, 0.1) is 0 Å². The van der Waals surface area contributed by atoms with Gasteiger partial charge in [0.2, 0.25) is 5.91 Å². The van der Waals surface area contributed by atoms with Crippen LogP contribution in [0.15, 0.2) is 100 Å². The molecule has 0 spiro atoms. The minimum Gasteiger partial charge on any atom is -0.394 e. The first-order chi connectivity index (χ1) is 41.0. The van der Waals surface area contributed by atoms with Gasteiger partial charge >= 0.3 is 0 Å². The molecule has 8 rings (SSSR count). The predicted molar refractivity (Wildman–Crippen MR) is 308 cm³/mol. The van der Waals surface area contributed by atoms with Crippen LogP contribution in [0.4, 0.5) is 28.4 Å². The molecule has 4 saturated heterocycles. The number of nitrogens with one attached hydrogen (secondary N) is 4.